The van der Waals surface area contributed by atoms with Gasteiger partial charge in [0.15, 0.2) is 0 Å². The van der Waals surface area contributed by atoms with E-state index in [1.807, 2.05) is 0 Å². The molecule has 2 aliphatic rings. The first-order chi connectivity index (χ1) is 9.75. The maximum Gasteiger partial charge on any atom is 0.0388 e. The van der Waals surface area contributed by atoms with Crippen LogP contribution < -0.4 is 5.32 Å². The van der Waals surface area contributed by atoms with E-state index < -0.39 is 0 Å². The molecular weight excluding hydrogens is 451 g/mol. The van der Waals surface area contributed by atoms with Crippen LogP contribution in [0, 0.1) is 5.92 Å². The quantitative estimate of drug-likeness (QED) is 0.648. The van der Waals surface area contributed by atoms with Gasteiger partial charge in [-0.2, -0.15) is 0 Å². The first kappa shape index (κ1) is 20.7. The van der Waals surface area contributed by atoms with E-state index in [0.29, 0.717) is 6.04 Å². The van der Waals surface area contributed by atoms with Crippen molar-refractivity contribution >= 4 is 56.7 Å². The summed E-state index contributed by atoms with van der Waals surface area (Å²) in [5.41, 5.74) is 1.47. The van der Waals surface area contributed by atoms with E-state index in [1.54, 1.807) is 0 Å². The highest BCUT2D eigenvalue weighted by Crippen LogP contribution is 2.42. The third-order valence-corrected chi connectivity index (χ3v) is 5.88. The van der Waals surface area contributed by atoms with E-state index in [9.17, 15) is 0 Å². The van der Waals surface area contributed by atoms with Crippen LogP contribution in [-0.2, 0) is 0 Å². The molecule has 1 saturated heterocycles. The van der Waals surface area contributed by atoms with Crippen LogP contribution in [0.2, 0.25) is 0 Å². The predicted octanol–water partition coefficient (Wildman–Crippen LogP) is 5.19. The van der Waals surface area contributed by atoms with Gasteiger partial charge in [-0.15, -0.1) is 24.8 Å². The summed E-state index contributed by atoms with van der Waals surface area (Å²) in [5, 5.41) is 3.47. The molecule has 22 heavy (non-hydrogen) atoms. The molecule has 0 bridgehead atoms. The van der Waals surface area contributed by atoms with E-state index >= 15 is 0 Å². The molecule has 0 radical (unpaired) electrons. The molecule has 1 saturated carbocycles. The SMILES string of the molecule is Brc1ccc(Br)c([C@@H](C2CCCC2)N2CCNCC2)c1.Cl.Cl. The summed E-state index contributed by atoms with van der Waals surface area (Å²) in [6.45, 7) is 4.57. The fourth-order valence-corrected chi connectivity index (χ4v) is 4.58. The second-order valence-corrected chi connectivity index (χ2v) is 7.71. The first-order valence-electron chi connectivity index (χ1n) is 7.65. The van der Waals surface area contributed by atoms with Crippen LogP contribution in [0.4, 0.5) is 0 Å². The van der Waals surface area contributed by atoms with Gasteiger partial charge >= 0.3 is 0 Å². The lowest BCUT2D eigenvalue weighted by atomic mass is 9.90. The topological polar surface area (TPSA) is 15.3 Å². The van der Waals surface area contributed by atoms with Crippen molar-refractivity contribution in [1.29, 1.82) is 0 Å². The molecule has 3 rings (SSSR count). The minimum atomic E-state index is 0. The molecule has 1 aliphatic heterocycles. The number of rotatable bonds is 3. The molecule has 1 N–H and O–H groups in total. The first-order valence-corrected chi connectivity index (χ1v) is 9.24. The highest BCUT2D eigenvalue weighted by molar-refractivity contribution is 9.11. The van der Waals surface area contributed by atoms with E-state index in [0.717, 1.165) is 19.0 Å². The Morgan fingerprint density at radius 2 is 1.68 bits per heavy atom. The van der Waals surface area contributed by atoms with Gasteiger partial charge in [0.1, 0.15) is 0 Å². The van der Waals surface area contributed by atoms with Crippen LogP contribution in [0.15, 0.2) is 27.1 Å². The van der Waals surface area contributed by atoms with Crippen LogP contribution in [0.3, 0.4) is 0 Å². The van der Waals surface area contributed by atoms with Gasteiger partial charge in [0, 0.05) is 41.2 Å². The number of benzene rings is 1. The summed E-state index contributed by atoms with van der Waals surface area (Å²) < 4.78 is 2.45. The smallest absolute Gasteiger partial charge is 0.0388 e. The summed E-state index contributed by atoms with van der Waals surface area (Å²) in [6, 6.07) is 7.20. The zero-order valence-electron chi connectivity index (χ0n) is 12.6. The number of nitrogens with one attached hydrogen (secondary N) is 1. The average Bonchev–Trinajstić information content (AvgIpc) is 2.98. The summed E-state index contributed by atoms with van der Waals surface area (Å²) in [5.74, 6) is 0.818. The van der Waals surface area contributed by atoms with Gasteiger partial charge in [-0.3, -0.25) is 4.90 Å². The predicted molar refractivity (Wildman–Crippen MR) is 105 cm³/mol. The monoisotopic (exact) mass is 472 g/mol. The Kier molecular flexibility index (Phi) is 9.28. The number of halogens is 4. The van der Waals surface area contributed by atoms with E-state index in [4.69, 9.17) is 0 Å². The van der Waals surface area contributed by atoms with Crippen molar-refractivity contribution in [2.24, 2.45) is 5.92 Å². The molecular formula is C16H24Br2Cl2N2. The lowest BCUT2D eigenvalue weighted by molar-refractivity contribution is 0.125. The zero-order chi connectivity index (χ0) is 13.9. The third kappa shape index (κ3) is 4.84. The highest BCUT2D eigenvalue weighted by atomic mass is 79.9. The van der Waals surface area contributed by atoms with Crippen LogP contribution >= 0.6 is 56.7 Å². The second-order valence-electron chi connectivity index (χ2n) is 5.94. The maximum absolute atomic E-state index is 3.78. The van der Waals surface area contributed by atoms with Crippen molar-refractivity contribution in [2.75, 3.05) is 26.2 Å². The molecule has 0 aromatic heterocycles. The summed E-state index contributed by atoms with van der Waals surface area (Å²) in [6.07, 6.45) is 5.57. The molecule has 1 heterocycles. The van der Waals surface area contributed by atoms with Crippen LogP contribution in [-0.4, -0.2) is 31.1 Å². The normalized spacial score (nSPS) is 21.0. The Bertz CT molecular complexity index is 461. The fraction of sp³-hybridized carbons (Fsp3) is 0.625. The van der Waals surface area contributed by atoms with Gasteiger partial charge in [0.2, 0.25) is 0 Å². The van der Waals surface area contributed by atoms with Gasteiger partial charge in [-0.25, -0.2) is 0 Å². The van der Waals surface area contributed by atoms with Gasteiger partial charge in [0.05, 0.1) is 0 Å². The van der Waals surface area contributed by atoms with E-state index in [2.05, 4.69) is 60.3 Å². The summed E-state index contributed by atoms with van der Waals surface area (Å²) >= 11 is 7.43. The molecule has 6 heteroatoms. The second kappa shape index (κ2) is 9.85. The average molecular weight is 475 g/mol. The summed E-state index contributed by atoms with van der Waals surface area (Å²) in [7, 11) is 0. The molecule has 0 spiro atoms. The minimum absolute atomic E-state index is 0. The number of hydrogen-bond acceptors (Lipinski definition) is 2. The Hall–Kier alpha value is 0.680. The summed E-state index contributed by atoms with van der Waals surface area (Å²) in [4.78, 5) is 2.69. The number of nitrogens with zero attached hydrogens (tertiary/aromatic N) is 1. The van der Waals surface area contributed by atoms with Crippen LogP contribution in [0.1, 0.15) is 37.3 Å². The lowest BCUT2D eigenvalue weighted by Gasteiger charge is -2.39. The number of piperazine rings is 1. The molecule has 1 aromatic carbocycles. The van der Waals surface area contributed by atoms with Crippen molar-refractivity contribution in [1.82, 2.24) is 10.2 Å². The maximum atomic E-state index is 3.78. The lowest BCUT2D eigenvalue weighted by Crippen LogP contribution is -2.46. The molecule has 1 aromatic rings. The fourth-order valence-electron chi connectivity index (χ4n) is 3.72. The van der Waals surface area contributed by atoms with Gasteiger partial charge in [-0.1, -0.05) is 44.7 Å². The Balaban J connectivity index is 0.00000121. The third-order valence-electron chi connectivity index (χ3n) is 4.67. The van der Waals surface area contributed by atoms with Gasteiger partial charge < -0.3 is 5.32 Å². The van der Waals surface area contributed by atoms with E-state index in [1.165, 1.54) is 53.3 Å². The van der Waals surface area contributed by atoms with Crippen LogP contribution in [0.25, 0.3) is 0 Å². The van der Waals surface area contributed by atoms with Crippen molar-refractivity contribution in [3.05, 3.63) is 32.7 Å². The standard InChI is InChI=1S/C16H22Br2N2.2ClH/c17-13-5-6-15(18)14(11-13)16(12-3-1-2-4-12)20-9-7-19-8-10-20;;/h5-6,11-12,16,19H,1-4,7-10H2;2*1H/t16-;;/m1../s1. The molecule has 0 unspecified atom stereocenters. The van der Waals surface area contributed by atoms with Crippen molar-refractivity contribution in [2.45, 2.75) is 31.7 Å². The van der Waals surface area contributed by atoms with Gasteiger partial charge in [0.25, 0.3) is 0 Å². The molecule has 2 fully saturated rings. The Labute approximate surface area is 162 Å². The largest absolute Gasteiger partial charge is 0.314 e. The molecule has 126 valence electrons. The van der Waals surface area contributed by atoms with Gasteiger partial charge in [-0.05, 0) is 42.5 Å². The van der Waals surface area contributed by atoms with Crippen LogP contribution in [0.5, 0.6) is 0 Å². The highest BCUT2D eigenvalue weighted by Gasteiger charge is 2.32. The zero-order valence-corrected chi connectivity index (χ0v) is 17.4. The minimum Gasteiger partial charge on any atom is -0.314 e. The molecule has 1 atom stereocenters. The number of hydrogen-bond donors (Lipinski definition) is 1. The van der Waals surface area contributed by atoms with E-state index in [-0.39, 0.29) is 24.8 Å². The molecule has 1 aliphatic carbocycles. The Morgan fingerprint density at radius 1 is 1.05 bits per heavy atom. The molecule has 2 nitrogen and oxygen atoms in total. The van der Waals surface area contributed by atoms with Crippen molar-refractivity contribution < 1.29 is 0 Å². The molecule has 0 amide bonds. The van der Waals surface area contributed by atoms with Crippen molar-refractivity contribution in [3.8, 4) is 0 Å². The Morgan fingerprint density at radius 3 is 2.32 bits per heavy atom. The van der Waals surface area contributed by atoms with Crippen molar-refractivity contribution in [3.63, 3.8) is 0 Å².